The van der Waals surface area contributed by atoms with Crippen LogP contribution in [0.15, 0.2) is 30.3 Å². The summed E-state index contributed by atoms with van der Waals surface area (Å²) in [5, 5.41) is 14.2. The van der Waals surface area contributed by atoms with E-state index in [1.165, 1.54) is 0 Å². The summed E-state index contributed by atoms with van der Waals surface area (Å²) in [6.45, 7) is 1.89. The van der Waals surface area contributed by atoms with Crippen molar-refractivity contribution in [3.63, 3.8) is 0 Å². The van der Waals surface area contributed by atoms with Gasteiger partial charge in [0.15, 0.2) is 6.04 Å². The summed E-state index contributed by atoms with van der Waals surface area (Å²) in [6, 6.07) is 8.30. The third-order valence-electron chi connectivity index (χ3n) is 3.43. The van der Waals surface area contributed by atoms with Crippen LogP contribution < -0.4 is 11.1 Å². The van der Waals surface area contributed by atoms with Crippen molar-refractivity contribution in [2.75, 3.05) is 13.1 Å². The van der Waals surface area contributed by atoms with Gasteiger partial charge in [-0.15, -0.1) is 10.2 Å². The Hall–Kier alpha value is -2.42. The Kier molecular flexibility index (Phi) is 5.55. The largest absolute Gasteiger partial charge is 0.348 e. The zero-order chi connectivity index (χ0) is 17.7. The normalized spacial score (nSPS) is 13.1. The molecule has 0 bridgehead atoms. The molecule has 9 heteroatoms. The molecule has 0 spiro atoms. The molecule has 0 aliphatic carbocycles. The molecule has 1 heterocycles. The zero-order valence-electron chi connectivity index (χ0n) is 13.5. The standard InChI is InChI=1S/C15H20F2N6O/c1-10(2)12(14(24)19-9-15(16,17)8-18)23-21-13(20-22-23)11-6-4-3-5-7-11/h3-7,10,12H,8-9,18H2,1-2H3,(H,19,24). The van der Waals surface area contributed by atoms with Crippen molar-refractivity contribution in [2.45, 2.75) is 25.8 Å². The van der Waals surface area contributed by atoms with Gasteiger partial charge in [-0.1, -0.05) is 44.2 Å². The average Bonchev–Trinajstić information content (AvgIpc) is 3.03. The number of halogens is 2. The van der Waals surface area contributed by atoms with E-state index in [1.54, 1.807) is 13.8 Å². The van der Waals surface area contributed by atoms with Gasteiger partial charge >= 0.3 is 0 Å². The Labute approximate surface area is 138 Å². The highest BCUT2D eigenvalue weighted by Gasteiger charge is 2.32. The number of alkyl halides is 2. The van der Waals surface area contributed by atoms with Gasteiger partial charge in [0, 0.05) is 5.56 Å². The third-order valence-corrected chi connectivity index (χ3v) is 3.43. The molecule has 0 aliphatic heterocycles. The number of benzene rings is 1. The van der Waals surface area contributed by atoms with Gasteiger partial charge in [-0.3, -0.25) is 4.79 Å². The molecule has 130 valence electrons. The van der Waals surface area contributed by atoms with Gasteiger partial charge in [0.25, 0.3) is 5.92 Å². The first kappa shape index (κ1) is 17.9. The minimum absolute atomic E-state index is 0.214. The van der Waals surface area contributed by atoms with Gasteiger partial charge in [-0.2, -0.15) is 4.80 Å². The summed E-state index contributed by atoms with van der Waals surface area (Å²) in [6.07, 6.45) is 0. The van der Waals surface area contributed by atoms with Crippen molar-refractivity contribution in [2.24, 2.45) is 11.7 Å². The van der Waals surface area contributed by atoms with E-state index in [1.807, 2.05) is 30.3 Å². The number of aromatic nitrogens is 4. The van der Waals surface area contributed by atoms with E-state index in [4.69, 9.17) is 5.73 Å². The monoisotopic (exact) mass is 338 g/mol. The Balaban J connectivity index is 2.16. The fourth-order valence-electron chi connectivity index (χ4n) is 2.11. The molecule has 1 aromatic carbocycles. The Morgan fingerprint density at radius 2 is 2.00 bits per heavy atom. The van der Waals surface area contributed by atoms with Crippen molar-refractivity contribution in [3.05, 3.63) is 30.3 Å². The van der Waals surface area contributed by atoms with Crippen LogP contribution >= 0.6 is 0 Å². The van der Waals surface area contributed by atoms with Crippen LogP contribution in [0.1, 0.15) is 19.9 Å². The summed E-state index contributed by atoms with van der Waals surface area (Å²) < 4.78 is 26.4. The van der Waals surface area contributed by atoms with Crippen LogP contribution in [0.3, 0.4) is 0 Å². The third kappa shape index (κ3) is 4.31. The van der Waals surface area contributed by atoms with Crippen LogP contribution in [0.5, 0.6) is 0 Å². The Bertz CT molecular complexity index is 674. The Morgan fingerprint density at radius 1 is 1.33 bits per heavy atom. The molecule has 3 N–H and O–H groups in total. The summed E-state index contributed by atoms with van der Waals surface area (Å²) in [4.78, 5) is 13.4. The fourth-order valence-corrected chi connectivity index (χ4v) is 2.11. The number of nitrogens with two attached hydrogens (primary N) is 1. The SMILES string of the molecule is CC(C)C(C(=O)NCC(F)(F)CN)n1nnc(-c2ccccc2)n1. The topological polar surface area (TPSA) is 98.7 Å². The maximum atomic E-state index is 13.2. The number of nitrogens with one attached hydrogen (secondary N) is 1. The number of tetrazole rings is 1. The van der Waals surface area contributed by atoms with E-state index in [-0.39, 0.29) is 5.92 Å². The first-order chi connectivity index (χ1) is 11.3. The summed E-state index contributed by atoms with van der Waals surface area (Å²) in [5.41, 5.74) is 5.72. The van der Waals surface area contributed by atoms with E-state index in [9.17, 15) is 13.6 Å². The molecule has 1 unspecified atom stereocenters. The molecule has 2 rings (SSSR count). The highest BCUT2D eigenvalue weighted by atomic mass is 19.3. The van der Waals surface area contributed by atoms with Crippen molar-refractivity contribution >= 4 is 5.91 Å². The Morgan fingerprint density at radius 3 is 2.58 bits per heavy atom. The molecule has 0 saturated heterocycles. The predicted octanol–water partition coefficient (Wildman–Crippen LogP) is 1.25. The maximum absolute atomic E-state index is 13.2. The summed E-state index contributed by atoms with van der Waals surface area (Å²) >= 11 is 0. The highest BCUT2D eigenvalue weighted by molar-refractivity contribution is 5.80. The molecule has 0 radical (unpaired) electrons. The van der Waals surface area contributed by atoms with Crippen LogP contribution in [0.25, 0.3) is 11.4 Å². The summed E-state index contributed by atoms with van der Waals surface area (Å²) in [7, 11) is 0. The maximum Gasteiger partial charge on any atom is 0.277 e. The predicted molar refractivity (Wildman–Crippen MR) is 84.1 cm³/mol. The first-order valence-corrected chi connectivity index (χ1v) is 7.54. The highest BCUT2D eigenvalue weighted by Crippen LogP contribution is 2.19. The van der Waals surface area contributed by atoms with Crippen molar-refractivity contribution in [1.82, 2.24) is 25.5 Å². The molecule has 0 fully saturated rings. The van der Waals surface area contributed by atoms with Gasteiger partial charge in [-0.25, -0.2) is 8.78 Å². The van der Waals surface area contributed by atoms with Gasteiger partial charge in [0.1, 0.15) is 0 Å². The van der Waals surface area contributed by atoms with E-state index in [0.29, 0.717) is 5.82 Å². The van der Waals surface area contributed by atoms with E-state index >= 15 is 0 Å². The first-order valence-electron chi connectivity index (χ1n) is 7.54. The summed E-state index contributed by atoms with van der Waals surface area (Å²) in [5.74, 6) is -3.60. The molecular formula is C15H20F2N6O. The average molecular weight is 338 g/mol. The van der Waals surface area contributed by atoms with Gasteiger partial charge in [-0.05, 0) is 11.1 Å². The van der Waals surface area contributed by atoms with Crippen LogP contribution in [-0.2, 0) is 4.79 Å². The van der Waals surface area contributed by atoms with Gasteiger partial charge in [0.05, 0.1) is 13.1 Å². The lowest BCUT2D eigenvalue weighted by atomic mass is 10.0. The molecule has 2 aromatic rings. The van der Waals surface area contributed by atoms with E-state index in [2.05, 4.69) is 20.7 Å². The number of rotatable bonds is 7. The van der Waals surface area contributed by atoms with E-state index < -0.39 is 31.0 Å². The number of hydrogen-bond donors (Lipinski definition) is 2. The molecule has 1 amide bonds. The second-order valence-electron chi connectivity index (χ2n) is 5.77. The van der Waals surface area contributed by atoms with Crippen LogP contribution in [0.2, 0.25) is 0 Å². The second kappa shape index (κ2) is 7.43. The van der Waals surface area contributed by atoms with Crippen LogP contribution in [0.4, 0.5) is 8.78 Å². The van der Waals surface area contributed by atoms with Crippen molar-refractivity contribution < 1.29 is 13.6 Å². The lowest BCUT2D eigenvalue weighted by Gasteiger charge is -2.21. The number of nitrogens with zero attached hydrogens (tertiary/aromatic N) is 4. The minimum atomic E-state index is -3.15. The smallest absolute Gasteiger partial charge is 0.277 e. The number of carbonyl (C=O) groups excluding carboxylic acids is 1. The minimum Gasteiger partial charge on any atom is -0.348 e. The van der Waals surface area contributed by atoms with Crippen LogP contribution in [0, 0.1) is 5.92 Å². The molecule has 7 nitrogen and oxygen atoms in total. The quantitative estimate of drug-likeness (QED) is 0.791. The number of carbonyl (C=O) groups is 1. The molecule has 24 heavy (non-hydrogen) atoms. The van der Waals surface area contributed by atoms with E-state index in [0.717, 1.165) is 10.4 Å². The van der Waals surface area contributed by atoms with Crippen LogP contribution in [-0.4, -0.2) is 45.1 Å². The van der Waals surface area contributed by atoms with Gasteiger partial charge in [0.2, 0.25) is 11.7 Å². The van der Waals surface area contributed by atoms with Crippen molar-refractivity contribution in [1.29, 1.82) is 0 Å². The molecule has 1 atom stereocenters. The van der Waals surface area contributed by atoms with Crippen molar-refractivity contribution in [3.8, 4) is 11.4 Å². The molecule has 0 saturated carbocycles. The second-order valence-corrected chi connectivity index (χ2v) is 5.77. The lowest BCUT2D eigenvalue weighted by molar-refractivity contribution is -0.128. The molecule has 0 aliphatic rings. The lowest BCUT2D eigenvalue weighted by Crippen LogP contribution is -2.45. The van der Waals surface area contributed by atoms with Gasteiger partial charge < -0.3 is 11.1 Å². The molecule has 1 aromatic heterocycles. The number of hydrogen-bond acceptors (Lipinski definition) is 5. The number of amides is 1. The molecular weight excluding hydrogens is 318 g/mol. The fraction of sp³-hybridized carbons (Fsp3) is 0.467. The zero-order valence-corrected chi connectivity index (χ0v) is 13.5.